The first-order chi connectivity index (χ1) is 7.65. The summed E-state index contributed by atoms with van der Waals surface area (Å²) >= 11 is 1.51. The maximum absolute atomic E-state index is 11.8. The highest BCUT2D eigenvalue weighted by Crippen LogP contribution is 2.16. The fourth-order valence-electron chi connectivity index (χ4n) is 1.43. The molecule has 3 nitrogen and oxygen atoms in total. The van der Waals surface area contributed by atoms with Crippen LogP contribution in [0.2, 0.25) is 0 Å². The standard InChI is InChI=1S/C12H20N2OS/c1-4-10-5-8-16-11(10)12(15)14-7-6-13-9(2)3/h5,8-9,13H,4,6-7H2,1-3H3,(H,14,15). The predicted molar refractivity (Wildman–Crippen MR) is 69.2 cm³/mol. The van der Waals surface area contributed by atoms with E-state index < -0.39 is 0 Å². The molecule has 0 unspecified atom stereocenters. The Bertz CT molecular complexity index is 334. The molecule has 0 aromatic carbocycles. The molecule has 0 aliphatic carbocycles. The van der Waals surface area contributed by atoms with E-state index in [1.807, 2.05) is 11.4 Å². The average molecular weight is 240 g/mol. The van der Waals surface area contributed by atoms with Crippen LogP contribution in [-0.2, 0) is 6.42 Å². The molecule has 4 heteroatoms. The zero-order valence-corrected chi connectivity index (χ0v) is 11.0. The number of aryl methyl sites for hydroxylation is 1. The van der Waals surface area contributed by atoms with Gasteiger partial charge in [-0.3, -0.25) is 4.79 Å². The van der Waals surface area contributed by atoms with Crippen LogP contribution < -0.4 is 10.6 Å². The van der Waals surface area contributed by atoms with Crippen LogP contribution in [0.5, 0.6) is 0 Å². The van der Waals surface area contributed by atoms with Gasteiger partial charge in [0.05, 0.1) is 4.88 Å². The van der Waals surface area contributed by atoms with E-state index in [2.05, 4.69) is 31.4 Å². The van der Waals surface area contributed by atoms with Crippen molar-refractivity contribution in [2.75, 3.05) is 13.1 Å². The lowest BCUT2D eigenvalue weighted by atomic mass is 10.2. The van der Waals surface area contributed by atoms with Gasteiger partial charge in [-0.1, -0.05) is 20.8 Å². The molecule has 1 aromatic heterocycles. The molecule has 0 spiro atoms. The molecule has 1 amide bonds. The Hall–Kier alpha value is -0.870. The lowest BCUT2D eigenvalue weighted by Gasteiger charge is -2.09. The van der Waals surface area contributed by atoms with Gasteiger partial charge in [0, 0.05) is 19.1 Å². The fourth-order valence-corrected chi connectivity index (χ4v) is 2.34. The summed E-state index contributed by atoms with van der Waals surface area (Å²) in [5.74, 6) is 0.0532. The summed E-state index contributed by atoms with van der Waals surface area (Å²) in [5, 5.41) is 8.16. The highest BCUT2D eigenvalue weighted by atomic mass is 32.1. The quantitative estimate of drug-likeness (QED) is 0.747. The highest BCUT2D eigenvalue weighted by molar-refractivity contribution is 7.12. The molecule has 0 bridgehead atoms. The van der Waals surface area contributed by atoms with Crippen LogP contribution in [0.25, 0.3) is 0 Å². The van der Waals surface area contributed by atoms with Crippen molar-refractivity contribution in [2.24, 2.45) is 0 Å². The Balaban J connectivity index is 2.35. The summed E-state index contributed by atoms with van der Waals surface area (Å²) in [6, 6.07) is 2.48. The molecule has 0 saturated carbocycles. The lowest BCUT2D eigenvalue weighted by Crippen LogP contribution is -2.34. The number of hydrogen-bond acceptors (Lipinski definition) is 3. The van der Waals surface area contributed by atoms with E-state index in [0.29, 0.717) is 12.6 Å². The van der Waals surface area contributed by atoms with Crippen molar-refractivity contribution in [1.82, 2.24) is 10.6 Å². The van der Waals surface area contributed by atoms with Gasteiger partial charge in [-0.25, -0.2) is 0 Å². The Kier molecular flexibility index (Phi) is 5.49. The number of amides is 1. The van der Waals surface area contributed by atoms with Crippen LogP contribution in [0.1, 0.15) is 36.0 Å². The summed E-state index contributed by atoms with van der Waals surface area (Å²) in [6.45, 7) is 7.75. The molecule has 0 atom stereocenters. The number of hydrogen-bond donors (Lipinski definition) is 2. The van der Waals surface area contributed by atoms with Crippen LogP contribution >= 0.6 is 11.3 Å². The van der Waals surface area contributed by atoms with E-state index in [0.717, 1.165) is 23.4 Å². The smallest absolute Gasteiger partial charge is 0.261 e. The molecule has 1 rings (SSSR count). The minimum atomic E-state index is 0.0532. The maximum atomic E-state index is 11.8. The van der Waals surface area contributed by atoms with Gasteiger partial charge in [-0.2, -0.15) is 0 Å². The van der Waals surface area contributed by atoms with Gasteiger partial charge in [0.25, 0.3) is 5.91 Å². The molecule has 2 N–H and O–H groups in total. The summed E-state index contributed by atoms with van der Waals surface area (Å²) in [4.78, 5) is 12.7. The van der Waals surface area contributed by atoms with Crippen molar-refractivity contribution >= 4 is 17.2 Å². The predicted octanol–water partition coefficient (Wildman–Crippen LogP) is 2.04. The SMILES string of the molecule is CCc1ccsc1C(=O)NCCNC(C)C. The molecule has 0 aliphatic heterocycles. The molecular weight excluding hydrogens is 220 g/mol. The summed E-state index contributed by atoms with van der Waals surface area (Å²) in [7, 11) is 0. The van der Waals surface area contributed by atoms with Gasteiger partial charge in [0.2, 0.25) is 0 Å². The second-order valence-corrected chi connectivity index (χ2v) is 4.91. The Morgan fingerprint density at radius 2 is 2.19 bits per heavy atom. The van der Waals surface area contributed by atoms with E-state index in [-0.39, 0.29) is 5.91 Å². The average Bonchev–Trinajstić information content (AvgIpc) is 2.71. The largest absolute Gasteiger partial charge is 0.350 e. The monoisotopic (exact) mass is 240 g/mol. The third-order valence-corrected chi connectivity index (χ3v) is 3.25. The van der Waals surface area contributed by atoms with Crippen molar-refractivity contribution in [3.8, 4) is 0 Å². The number of rotatable bonds is 6. The van der Waals surface area contributed by atoms with E-state index in [9.17, 15) is 4.79 Å². The van der Waals surface area contributed by atoms with Crippen molar-refractivity contribution in [3.63, 3.8) is 0 Å². The number of nitrogens with one attached hydrogen (secondary N) is 2. The first-order valence-electron chi connectivity index (χ1n) is 5.73. The van der Waals surface area contributed by atoms with Gasteiger partial charge in [-0.15, -0.1) is 11.3 Å². The maximum Gasteiger partial charge on any atom is 0.261 e. The molecule has 0 saturated heterocycles. The summed E-state index contributed by atoms with van der Waals surface area (Å²) in [6.07, 6.45) is 0.913. The normalized spacial score (nSPS) is 10.8. The molecule has 1 heterocycles. The molecule has 0 radical (unpaired) electrons. The number of carbonyl (C=O) groups excluding carboxylic acids is 1. The zero-order valence-electron chi connectivity index (χ0n) is 10.2. The molecule has 1 aromatic rings. The van der Waals surface area contributed by atoms with Gasteiger partial charge >= 0.3 is 0 Å². The molecule has 16 heavy (non-hydrogen) atoms. The van der Waals surface area contributed by atoms with Gasteiger partial charge in [0.1, 0.15) is 0 Å². The molecule has 0 aliphatic rings. The van der Waals surface area contributed by atoms with Crippen molar-refractivity contribution < 1.29 is 4.79 Å². The first kappa shape index (κ1) is 13.2. The van der Waals surface area contributed by atoms with Gasteiger partial charge in [-0.05, 0) is 23.4 Å². The van der Waals surface area contributed by atoms with Gasteiger partial charge < -0.3 is 10.6 Å². The molecule has 0 fully saturated rings. The zero-order chi connectivity index (χ0) is 12.0. The highest BCUT2D eigenvalue weighted by Gasteiger charge is 2.10. The fraction of sp³-hybridized carbons (Fsp3) is 0.583. The van der Waals surface area contributed by atoms with E-state index in [1.165, 1.54) is 11.3 Å². The van der Waals surface area contributed by atoms with Gasteiger partial charge in [0.15, 0.2) is 0 Å². The number of thiophene rings is 1. The van der Waals surface area contributed by atoms with Crippen LogP contribution in [-0.4, -0.2) is 25.0 Å². The Morgan fingerprint density at radius 1 is 1.44 bits per heavy atom. The van der Waals surface area contributed by atoms with Crippen LogP contribution in [0.4, 0.5) is 0 Å². The molecular formula is C12H20N2OS. The van der Waals surface area contributed by atoms with E-state index in [1.54, 1.807) is 0 Å². The first-order valence-corrected chi connectivity index (χ1v) is 6.61. The summed E-state index contributed by atoms with van der Waals surface area (Å²) in [5.41, 5.74) is 1.14. The van der Waals surface area contributed by atoms with Crippen LogP contribution in [0, 0.1) is 0 Å². The topological polar surface area (TPSA) is 41.1 Å². The third-order valence-electron chi connectivity index (χ3n) is 2.30. The molecule has 90 valence electrons. The lowest BCUT2D eigenvalue weighted by molar-refractivity contribution is 0.0957. The van der Waals surface area contributed by atoms with Crippen molar-refractivity contribution in [1.29, 1.82) is 0 Å². The second kappa shape index (κ2) is 6.66. The Morgan fingerprint density at radius 3 is 2.81 bits per heavy atom. The minimum absolute atomic E-state index is 0.0532. The van der Waals surface area contributed by atoms with Crippen molar-refractivity contribution in [3.05, 3.63) is 21.9 Å². The van der Waals surface area contributed by atoms with Crippen LogP contribution in [0.15, 0.2) is 11.4 Å². The minimum Gasteiger partial charge on any atom is -0.350 e. The van der Waals surface area contributed by atoms with E-state index >= 15 is 0 Å². The van der Waals surface area contributed by atoms with Crippen molar-refractivity contribution in [2.45, 2.75) is 33.2 Å². The third kappa shape index (κ3) is 3.94. The van der Waals surface area contributed by atoms with E-state index in [4.69, 9.17) is 0 Å². The number of carbonyl (C=O) groups is 1. The Labute approximate surface area is 101 Å². The second-order valence-electron chi connectivity index (χ2n) is 3.99. The summed E-state index contributed by atoms with van der Waals surface area (Å²) < 4.78 is 0. The van der Waals surface area contributed by atoms with Crippen LogP contribution in [0.3, 0.4) is 0 Å².